The number of carbonyl (C=O) groups excluding carboxylic acids is 1. The van der Waals surface area contributed by atoms with Gasteiger partial charge in [0.15, 0.2) is 6.04 Å². The molecule has 1 aromatic heterocycles. The lowest BCUT2D eigenvalue weighted by molar-refractivity contribution is -0.141. The summed E-state index contributed by atoms with van der Waals surface area (Å²) in [5, 5.41) is 13.1. The number of fused-ring (bicyclic) bond motifs is 1. The maximum atomic E-state index is 13.2. The first-order valence-electron chi connectivity index (χ1n) is 12.6. The predicted molar refractivity (Wildman–Crippen MR) is 132 cm³/mol. The van der Waals surface area contributed by atoms with Gasteiger partial charge in [0.2, 0.25) is 5.95 Å². The van der Waals surface area contributed by atoms with E-state index in [1.54, 1.807) is 9.80 Å². The second-order valence-electron chi connectivity index (χ2n) is 9.93. The van der Waals surface area contributed by atoms with Crippen LogP contribution in [0.3, 0.4) is 0 Å². The highest BCUT2D eigenvalue weighted by Gasteiger charge is 2.37. The summed E-state index contributed by atoms with van der Waals surface area (Å²) in [6.45, 7) is 5.12. The first-order chi connectivity index (χ1) is 16.9. The fourth-order valence-electron chi connectivity index (χ4n) is 5.28. The van der Waals surface area contributed by atoms with Crippen molar-refractivity contribution in [2.24, 2.45) is 0 Å². The van der Waals surface area contributed by atoms with Gasteiger partial charge in [0, 0.05) is 23.8 Å². The van der Waals surface area contributed by atoms with Gasteiger partial charge in [0.25, 0.3) is 5.91 Å². The van der Waals surface area contributed by atoms with E-state index in [0.29, 0.717) is 37.1 Å². The maximum absolute atomic E-state index is 13.2. The molecule has 9 heteroatoms. The van der Waals surface area contributed by atoms with E-state index in [2.05, 4.69) is 34.6 Å². The Bertz CT molecular complexity index is 1100. The van der Waals surface area contributed by atoms with Crippen LogP contribution in [0, 0.1) is 0 Å². The van der Waals surface area contributed by atoms with Crippen molar-refractivity contribution in [3.05, 3.63) is 41.1 Å². The maximum Gasteiger partial charge on any atom is 0.328 e. The van der Waals surface area contributed by atoms with Crippen molar-refractivity contribution in [3.8, 4) is 0 Å². The van der Waals surface area contributed by atoms with Crippen LogP contribution in [0.25, 0.3) is 0 Å². The standard InChI is InChI=1S/C26H33N5O4/c1-16(2)31-14-20-22(24(31)32)28-26(30-12-13-35-15-21(30)25(33)34)29-23(20)27-19-10-8-18(9-11-19)17-6-4-3-5-7-17/h8-11,16-17,21H,3-7,12-15H2,1-2H3,(H,33,34)(H,27,28,29). The van der Waals surface area contributed by atoms with Crippen LogP contribution in [0.4, 0.5) is 17.5 Å². The number of ether oxygens (including phenoxy) is 1. The van der Waals surface area contributed by atoms with Crippen molar-refractivity contribution in [1.82, 2.24) is 14.9 Å². The number of benzene rings is 1. The number of anilines is 3. The third kappa shape index (κ3) is 4.69. The molecule has 3 heterocycles. The van der Waals surface area contributed by atoms with Crippen LogP contribution in [0.2, 0.25) is 0 Å². The van der Waals surface area contributed by atoms with Gasteiger partial charge in [-0.05, 0) is 50.3 Å². The summed E-state index contributed by atoms with van der Waals surface area (Å²) in [6.07, 6.45) is 6.40. The monoisotopic (exact) mass is 479 g/mol. The van der Waals surface area contributed by atoms with Crippen LogP contribution in [-0.4, -0.2) is 63.7 Å². The molecule has 0 bridgehead atoms. The summed E-state index contributed by atoms with van der Waals surface area (Å²) in [5.74, 6) is 0.243. The third-order valence-corrected chi connectivity index (χ3v) is 7.33. The summed E-state index contributed by atoms with van der Waals surface area (Å²) in [4.78, 5) is 37.7. The zero-order chi connectivity index (χ0) is 24.5. The fraction of sp³-hybridized carbons (Fsp3) is 0.538. The topological polar surface area (TPSA) is 108 Å². The Hall–Kier alpha value is -3.20. The van der Waals surface area contributed by atoms with Gasteiger partial charge in [-0.15, -0.1) is 0 Å². The van der Waals surface area contributed by atoms with Crippen LogP contribution in [0.15, 0.2) is 24.3 Å². The number of morpholine rings is 1. The molecule has 186 valence electrons. The summed E-state index contributed by atoms with van der Waals surface area (Å²) in [7, 11) is 0. The first-order valence-corrected chi connectivity index (χ1v) is 12.6. The Labute approximate surface area is 205 Å². The molecule has 5 rings (SSSR count). The summed E-state index contributed by atoms with van der Waals surface area (Å²) >= 11 is 0. The van der Waals surface area contributed by atoms with Crippen molar-refractivity contribution in [2.75, 3.05) is 30.0 Å². The smallest absolute Gasteiger partial charge is 0.328 e. The number of amides is 1. The molecule has 1 aliphatic carbocycles. The Morgan fingerprint density at radius 1 is 1.14 bits per heavy atom. The highest BCUT2D eigenvalue weighted by atomic mass is 16.5. The van der Waals surface area contributed by atoms with E-state index in [4.69, 9.17) is 9.72 Å². The van der Waals surface area contributed by atoms with Gasteiger partial charge in [-0.3, -0.25) is 4.79 Å². The number of nitrogens with zero attached hydrogens (tertiary/aromatic N) is 4. The molecular weight excluding hydrogens is 446 g/mol. The summed E-state index contributed by atoms with van der Waals surface area (Å²) < 4.78 is 5.38. The van der Waals surface area contributed by atoms with Crippen molar-refractivity contribution in [1.29, 1.82) is 0 Å². The minimum atomic E-state index is -1.00. The normalized spacial score (nSPS) is 20.9. The third-order valence-electron chi connectivity index (χ3n) is 7.33. The van der Waals surface area contributed by atoms with Gasteiger partial charge >= 0.3 is 5.97 Å². The molecule has 1 aromatic carbocycles. The molecule has 1 atom stereocenters. The van der Waals surface area contributed by atoms with E-state index >= 15 is 0 Å². The number of carboxylic acids is 1. The molecule has 2 aromatic rings. The van der Waals surface area contributed by atoms with Gasteiger partial charge in [-0.25, -0.2) is 9.78 Å². The zero-order valence-electron chi connectivity index (χ0n) is 20.4. The van der Waals surface area contributed by atoms with E-state index in [1.165, 1.54) is 37.7 Å². The molecular formula is C26H33N5O4. The van der Waals surface area contributed by atoms with Crippen molar-refractivity contribution in [2.45, 2.75) is 70.5 Å². The van der Waals surface area contributed by atoms with Crippen molar-refractivity contribution < 1.29 is 19.4 Å². The molecule has 9 nitrogen and oxygen atoms in total. The van der Waals surface area contributed by atoms with Crippen LogP contribution in [0.5, 0.6) is 0 Å². The van der Waals surface area contributed by atoms with Crippen molar-refractivity contribution >= 4 is 29.3 Å². The quantitative estimate of drug-likeness (QED) is 0.642. The van der Waals surface area contributed by atoms with Crippen LogP contribution >= 0.6 is 0 Å². The Balaban J connectivity index is 1.48. The Morgan fingerprint density at radius 2 is 1.89 bits per heavy atom. The SMILES string of the molecule is CC(C)N1Cc2c(Nc3ccc(C4CCCCC4)cc3)nc(N3CCOCC3C(=O)O)nc2C1=O. The van der Waals surface area contributed by atoms with Gasteiger partial charge in [-0.1, -0.05) is 31.4 Å². The number of hydrogen-bond donors (Lipinski definition) is 2. The molecule has 1 saturated heterocycles. The first kappa shape index (κ1) is 23.5. The number of rotatable bonds is 6. The van der Waals surface area contributed by atoms with Gasteiger partial charge in [0.1, 0.15) is 11.5 Å². The van der Waals surface area contributed by atoms with E-state index < -0.39 is 12.0 Å². The summed E-state index contributed by atoms with van der Waals surface area (Å²) in [6, 6.07) is 7.58. The van der Waals surface area contributed by atoms with Crippen LogP contribution < -0.4 is 10.2 Å². The second kappa shape index (κ2) is 9.81. The fourth-order valence-corrected chi connectivity index (χ4v) is 5.28. The molecule has 35 heavy (non-hydrogen) atoms. The molecule has 1 unspecified atom stereocenters. The minimum Gasteiger partial charge on any atom is -0.480 e. The highest BCUT2D eigenvalue weighted by Crippen LogP contribution is 2.35. The molecule has 0 spiro atoms. The van der Waals surface area contributed by atoms with E-state index in [-0.39, 0.29) is 24.5 Å². The van der Waals surface area contributed by atoms with Gasteiger partial charge < -0.3 is 25.0 Å². The minimum absolute atomic E-state index is 0.0120. The predicted octanol–water partition coefficient (Wildman–Crippen LogP) is 3.92. The van der Waals surface area contributed by atoms with Crippen LogP contribution in [-0.2, 0) is 16.1 Å². The average molecular weight is 480 g/mol. The Kier molecular flexibility index (Phi) is 6.60. The van der Waals surface area contributed by atoms with Gasteiger partial charge in [-0.2, -0.15) is 4.98 Å². The molecule has 1 amide bonds. The van der Waals surface area contributed by atoms with E-state index in [9.17, 15) is 14.7 Å². The van der Waals surface area contributed by atoms with Gasteiger partial charge in [0.05, 0.1) is 19.8 Å². The van der Waals surface area contributed by atoms with Crippen molar-refractivity contribution in [3.63, 3.8) is 0 Å². The molecule has 2 aliphatic heterocycles. The largest absolute Gasteiger partial charge is 0.480 e. The number of carbonyl (C=O) groups is 2. The lowest BCUT2D eigenvalue weighted by atomic mass is 9.84. The van der Waals surface area contributed by atoms with Crippen LogP contribution in [0.1, 0.15) is 73.5 Å². The molecule has 3 aliphatic rings. The summed E-state index contributed by atoms with van der Waals surface area (Å²) in [5.41, 5.74) is 3.32. The number of carboxylic acid groups (broad SMARTS) is 1. The molecule has 0 radical (unpaired) electrons. The number of hydrogen-bond acceptors (Lipinski definition) is 7. The molecule has 2 fully saturated rings. The number of aliphatic carboxylic acids is 1. The second-order valence-corrected chi connectivity index (χ2v) is 9.93. The van der Waals surface area contributed by atoms with E-state index in [1.807, 2.05) is 13.8 Å². The average Bonchev–Trinajstić information content (AvgIpc) is 3.22. The number of aromatic nitrogens is 2. The lowest BCUT2D eigenvalue weighted by Gasteiger charge is -2.33. The Morgan fingerprint density at radius 3 is 2.57 bits per heavy atom. The molecule has 1 saturated carbocycles. The zero-order valence-corrected chi connectivity index (χ0v) is 20.4. The van der Waals surface area contributed by atoms with E-state index in [0.717, 1.165) is 11.3 Å². The molecule has 2 N–H and O–H groups in total. The highest BCUT2D eigenvalue weighted by molar-refractivity contribution is 5.98. The number of nitrogens with one attached hydrogen (secondary N) is 1. The lowest BCUT2D eigenvalue weighted by Crippen LogP contribution is -2.51.